The van der Waals surface area contributed by atoms with E-state index in [0.717, 1.165) is 32.4 Å². The molecule has 1 heterocycles. The van der Waals surface area contributed by atoms with Gasteiger partial charge >= 0.3 is 5.97 Å². The molecule has 1 unspecified atom stereocenters. The van der Waals surface area contributed by atoms with E-state index in [4.69, 9.17) is 0 Å². The van der Waals surface area contributed by atoms with Gasteiger partial charge in [0.1, 0.15) is 0 Å². The van der Waals surface area contributed by atoms with Gasteiger partial charge in [-0.3, -0.25) is 9.69 Å². The lowest BCUT2D eigenvalue weighted by molar-refractivity contribution is -0.151. The maximum atomic E-state index is 11.5. The van der Waals surface area contributed by atoms with Gasteiger partial charge < -0.3 is 5.11 Å². The Labute approximate surface area is 105 Å². The zero-order chi connectivity index (χ0) is 12.9. The molecular weight excluding hydrogens is 214 g/mol. The number of hydrogen-bond acceptors (Lipinski definition) is 2. The van der Waals surface area contributed by atoms with Crippen LogP contribution in [0, 0.1) is 5.41 Å². The van der Waals surface area contributed by atoms with Crippen molar-refractivity contribution in [1.29, 1.82) is 0 Å². The van der Waals surface area contributed by atoms with Crippen LogP contribution in [0.3, 0.4) is 0 Å². The summed E-state index contributed by atoms with van der Waals surface area (Å²) in [4.78, 5) is 13.9. The standard InChI is InChI=1S/C14H27NO2/c1-4-12-9-7-8-10-15(12)11-14(5-2,6-3)13(16)17/h12H,4-11H2,1-3H3,(H,16,17). The molecule has 1 N–H and O–H groups in total. The Morgan fingerprint density at radius 2 is 1.94 bits per heavy atom. The minimum Gasteiger partial charge on any atom is -0.481 e. The molecule has 17 heavy (non-hydrogen) atoms. The van der Waals surface area contributed by atoms with E-state index in [0.29, 0.717) is 6.04 Å². The van der Waals surface area contributed by atoms with E-state index in [1.807, 2.05) is 13.8 Å². The van der Waals surface area contributed by atoms with E-state index in [9.17, 15) is 9.90 Å². The van der Waals surface area contributed by atoms with Crippen molar-refractivity contribution in [2.45, 2.75) is 65.3 Å². The van der Waals surface area contributed by atoms with Gasteiger partial charge in [0, 0.05) is 12.6 Å². The lowest BCUT2D eigenvalue weighted by atomic mass is 9.80. The summed E-state index contributed by atoms with van der Waals surface area (Å²) in [6.07, 6.45) is 6.35. The minimum absolute atomic E-state index is 0.537. The smallest absolute Gasteiger partial charge is 0.310 e. The van der Waals surface area contributed by atoms with Crippen LogP contribution < -0.4 is 0 Å². The van der Waals surface area contributed by atoms with E-state index in [2.05, 4.69) is 11.8 Å². The van der Waals surface area contributed by atoms with E-state index >= 15 is 0 Å². The average Bonchev–Trinajstić information content (AvgIpc) is 2.36. The number of aliphatic carboxylic acids is 1. The SMILES string of the molecule is CCC1CCCCN1CC(CC)(CC)C(=O)O. The zero-order valence-corrected chi connectivity index (χ0v) is 11.5. The van der Waals surface area contributed by atoms with Crippen LogP contribution in [0.4, 0.5) is 0 Å². The van der Waals surface area contributed by atoms with Crippen molar-refractivity contribution in [3.05, 3.63) is 0 Å². The van der Waals surface area contributed by atoms with Crippen molar-refractivity contribution in [2.24, 2.45) is 5.41 Å². The van der Waals surface area contributed by atoms with Crippen molar-refractivity contribution in [1.82, 2.24) is 4.90 Å². The first-order valence-electron chi connectivity index (χ1n) is 7.07. The monoisotopic (exact) mass is 241 g/mol. The van der Waals surface area contributed by atoms with Crippen LogP contribution in [-0.4, -0.2) is 35.1 Å². The maximum absolute atomic E-state index is 11.5. The van der Waals surface area contributed by atoms with Gasteiger partial charge in [0.05, 0.1) is 5.41 Å². The van der Waals surface area contributed by atoms with Gasteiger partial charge in [-0.15, -0.1) is 0 Å². The second-order valence-electron chi connectivity index (χ2n) is 5.32. The zero-order valence-electron chi connectivity index (χ0n) is 11.5. The molecule has 1 fully saturated rings. The first-order valence-corrected chi connectivity index (χ1v) is 7.07. The van der Waals surface area contributed by atoms with E-state index in [-0.39, 0.29) is 0 Å². The van der Waals surface area contributed by atoms with Crippen LogP contribution in [0.2, 0.25) is 0 Å². The molecule has 0 bridgehead atoms. The van der Waals surface area contributed by atoms with Gasteiger partial charge in [0.2, 0.25) is 0 Å². The predicted molar refractivity (Wildman–Crippen MR) is 70.2 cm³/mol. The number of nitrogens with zero attached hydrogens (tertiary/aromatic N) is 1. The molecule has 0 aromatic heterocycles. The first-order chi connectivity index (χ1) is 8.09. The van der Waals surface area contributed by atoms with Crippen molar-refractivity contribution in [3.63, 3.8) is 0 Å². The number of rotatable bonds is 6. The highest BCUT2D eigenvalue weighted by molar-refractivity contribution is 5.74. The normalized spacial score (nSPS) is 22.6. The van der Waals surface area contributed by atoms with E-state index in [1.54, 1.807) is 0 Å². The molecule has 1 atom stereocenters. The summed E-state index contributed by atoms with van der Waals surface area (Å²) in [6.45, 7) is 8.02. The average molecular weight is 241 g/mol. The Balaban J connectivity index is 2.74. The predicted octanol–water partition coefficient (Wildman–Crippen LogP) is 3.14. The molecule has 0 aromatic rings. The fourth-order valence-corrected chi connectivity index (χ4v) is 2.96. The minimum atomic E-state index is -0.622. The molecule has 3 heteroatoms. The third-order valence-corrected chi connectivity index (χ3v) is 4.53. The van der Waals surface area contributed by atoms with Crippen molar-refractivity contribution < 1.29 is 9.90 Å². The Morgan fingerprint density at radius 3 is 2.41 bits per heavy atom. The highest BCUT2D eigenvalue weighted by Gasteiger charge is 2.38. The molecule has 1 aliphatic heterocycles. The Morgan fingerprint density at radius 1 is 1.29 bits per heavy atom. The lowest BCUT2D eigenvalue weighted by Crippen LogP contribution is -2.48. The van der Waals surface area contributed by atoms with Gasteiger partial charge in [0.25, 0.3) is 0 Å². The van der Waals surface area contributed by atoms with E-state index in [1.165, 1.54) is 19.3 Å². The molecular formula is C14H27NO2. The highest BCUT2D eigenvalue weighted by Crippen LogP contribution is 2.31. The molecule has 100 valence electrons. The molecule has 0 amide bonds. The summed E-state index contributed by atoms with van der Waals surface area (Å²) in [5, 5.41) is 9.49. The van der Waals surface area contributed by atoms with Gasteiger partial charge in [-0.05, 0) is 38.6 Å². The Kier molecular flexibility index (Phi) is 5.44. The summed E-state index contributed by atoms with van der Waals surface area (Å²) in [5.74, 6) is -0.622. The number of carboxylic acids is 1. The molecule has 1 rings (SSSR count). The van der Waals surface area contributed by atoms with Crippen LogP contribution in [-0.2, 0) is 4.79 Å². The molecule has 1 saturated heterocycles. The fourth-order valence-electron chi connectivity index (χ4n) is 2.96. The maximum Gasteiger partial charge on any atom is 0.310 e. The summed E-state index contributed by atoms with van der Waals surface area (Å²) in [5.41, 5.74) is -0.537. The number of carboxylic acid groups (broad SMARTS) is 1. The van der Waals surface area contributed by atoms with Crippen LogP contribution in [0.5, 0.6) is 0 Å². The quantitative estimate of drug-likeness (QED) is 0.776. The Bertz CT molecular complexity index is 249. The molecule has 0 radical (unpaired) electrons. The number of piperidine rings is 1. The summed E-state index contributed by atoms with van der Waals surface area (Å²) in [6, 6.07) is 0.598. The third-order valence-electron chi connectivity index (χ3n) is 4.53. The van der Waals surface area contributed by atoms with Crippen molar-refractivity contribution in [3.8, 4) is 0 Å². The molecule has 0 aliphatic carbocycles. The van der Waals surface area contributed by atoms with E-state index < -0.39 is 11.4 Å². The largest absolute Gasteiger partial charge is 0.481 e. The summed E-state index contributed by atoms with van der Waals surface area (Å²) in [7, 11) is 0. The second kappa shape index (κ2) is 6.39. The second-order valence-corrected chi connectivity index (χ2v) is 5.32. The molecule has 3 nitrogen and oxygen atoms in total. The number of carbonyl (C=O) groups is 1. The van der Waals surface area contributed by atoms with Crippen LogP contribution in [0.25, 0.3) is 0 Å². The Hall–Kier alpha value is -0.570. The van der Waals surface area contributed by atoms with Crippen LogP contribution in [0.15, 0.2) is 0 Å². The molecule has 0 spiro atoms. The van der Waals surface area contributed by atoms with Crippen molar-refractivity contribution >= 4 is 5.97 Å². The molecule has 1 aliphatic rings. The van der Waals surface area contributed by atoms with Gasteiger partial charge in [0.15, 0.2) is 0 Å². The van der Waals surface area contributed by atoms with Gasteiger partial charge in [-0.2, -0.15) is 0 Å². The summed E-state index contributed by atoms with van der Waals surface area (Å²) >= 11 is 0. The number of hydrogen-bond donors (Lipinski definition) is 1. The fraction of sp³-hybridized carbons (Fsp3) is 0.929. The van der Waals surface area contributed by atoms with Gasteiger partial charge in [-0.25, -0.2) is 0 Å². The van der Waals surface area contributed by atoms with Crippen LogP contribution in [0.1, 0.15) is 59.3 Å². The lowest BCUT2D eigenvalue weighted by Gasteiger charge is -2.40. The molecule has 0 aromatic carbocycles. The summed E-state index contributed by atoms with van der Waals surface area (Å²) < 4.78 is 0. The van der Waals surface area contributed by atoms with Crippen LogP contribution >= 0.6 is 0 Å². The highest BCUT2D eigenvalue weighted by atomic mass is 16.4. The first kappa shape index (κ1) is 14.5. The molecule has 0 saturated carbocycles. The van der Waals surface area contributed by atoms with Crippen molar-refractivity contribution in [2.75, 3.05) is 13.1 Å². The third kappa shape index (κ3) is 3.21. The number of likely N-dealkylation sites (tertiary alicyclic amines) is 1. The topological polar surface area (TPSA) is 40.5 Å². The van der Waals surface area contributed by atoms with Gasteiger partial charge in [-0.1, -0.05) is 27.2 Å².